The summed E-state index contributed by atoms with van der Waals surface area (Å²) in [6.45, 7) is 3.84. The SMILES string of the molecule is CCn1ncc(Cl)c1C(C)(O)c1cc(F)c(Cl)cc1Cl. The Morgan fingerprint density at radius 1 is 1.25 bits per heavy atom. The van der Waals surface area contributed by atoms with Crippen molar-refractivity contribution in [2.75, 3.05) is 0 Å². The fourth-order valence-electron chi connectivity index (χ4n) is 2.11. The number of nitrogens with zero attached hydrogens (tertiary/aromatic N) is 2. The largest absolute Gasteiger partial charge is 0.379 e. The second kappa shape index (κ2) is 5.53. The summed E-state index contributed by atoms with van der Waals surface area (Å²) in [7, 11) is 0. The van der Waals surface area contributed by atoms with Crippen LogP contribution in [0.15, 0.2) is 18.3 Å². The van der Waals surface area contributed by atoms with Crippen molar-refractivity contribution in [3.8, 4) is 0 Å². The highest BCUT2D eigenvalue weighted by atomic mass is 35.5. The first-order valence-corrected chi connectivity index (χ1v) is 7.01. The van der Waals surface area contributed by atoms with Crippen LogP contribution < -0.4 is 0 Å². The van der Waals surface area contributed by atoms with Gasteiger partial charge in [-0.05, 0) is 26.0 Å². The highest BCUT2D eigenvalue weighted by molar-refractivity contribution is 6.35. The fraction of sp³-hybridized carbons (Fsp3) is 0.308. The van der Waals surface area contributed by atoms with Gasteiger partial charge in [-0.25, -0.2) is 4.39 Å². The normalized spacial score (nSPS) is 14.3. The molecular formula is C13H12Cl3FN2O. The van der Waals surface area contributed by atoms with Gasteiger partial charge >= 0.3 is 0 Å². The maximum Gasteiger partial charge on any atom is 0.142 e. The van der Waals surface area contributed by atoms with Crippen molar-refractivity contribution in [2.45, 2.75) is 26.0 Å². The van der Waals surface area contributed by atoms with Gasteiger partial charge in [0.25, 0.3) is 0 Å². The van der Waals surface area contributed by atoms with Gasteiger partial charge in [-0.15, -0.1) is 0 Å². The Morgan fingerprint density at radius 3 is 2.50 bits per heavy atom. The predicted octanol–water partition coefficient (Wildman–Crippen LogP) is 4.26. The second-order valence-electron chi connectivity index (χ2n) is 4.48. The number of benzene rings is 1. The van der Waals surface area contributed by atoms with Gasteiger partial charge in [0.15, 0.2) is 0 Å². The number of aliphatic hydroxyl groups is 1. The highest BCUT2D eigenvalue weighted by Crippen LogP contribution is 2.39. The Hall–Kier alpha value is -0.810. The van der Waals surface area contributed by atoms with Crippen LogP contribution in [0.3, 0.4) is 0 Å². The van der Waals surface area contributed by atoms with Crippen LogP contribution in [-0.4, -0.2) is 14.9 Å². The van der Waals surface area contributed by atoms with Gasteiger partial charge in [0.05, 0.1) is 21.9 Å². The Bertz CT molecular complexity index is 655. The van der Waals surface area contributed by atoms with E-state index in [0.717, 1.165) is 6.07 Å². The van der Waals surface area contributed by atoms with E-state index in [4.69, 9.17) is 34.8 Å². The molecule has 20 heavy (non-hydrogen) atoms. The van der Waals surface area contributed by atoms with E-state index in [1.54, 1.807) is 0 Å². The van der Waals surface area contributed by atoms with Crippen molar-refractivity contribution < 1.29 is 9.50 Å². The summed E-state index contributed by atoms with van der Waals surface area (Å²) >= 11 is 17.8. The van der Waals surface area contributed by atoms with Crippen molar-refractivity contribution in [3.05, 3.63) is 50.5 Å². The summed E-state index contributed by atoms with van der Waals surface area (Å²) in [6.07, 6.45) is 1.43. The summed E-state index contributed by atoms with van der Waals surface area (Å²) in [5, 5.41) is 15.2. The molecular weight excluding hydrogens is 326 g/mol. The Kier molecular flexibility index (Phi) is 4.30. The molecule has 2 aromatic rings. The minimum absolute atomic E-state index is 0.107. The van der Waals surface area contributed by atoms with Crippen molar-refractivity contribution in [3.63, 3.8) is 0 Å². The first-order chi connectivity index (χ1) is 9.28. The molecule has 0 radical (unpaired) electrons. The first kappa shape index (κ1) is 15.6. The lowest BCUT2D eigenvalue weighted by Gasteiger charge is -2.26. The molecule has 0 aliphatic heterocycles. The third kappa shape index (κ3) is 2.53. The van der Waals surface area contributed by atoms with E-state index in [9.17, 15) is 9.50 Å². The molecule has 1 aromatic carbocycles. The Balaban J connectivity index is 2.66. The molecule has 1 aromatic heterocycles. The van der Waals surface area contributed by atoms with Crippen LogP contribution >= 0.6 is 34.8 Å². The van der Waals surface area contributed by atoms with Crippen LogP contribution in [0.25, 0.3) is 0 Å². The van der Waals surface area contributed by atoms with Crippen LogP contribution in [0.1, 0.15) is 25.1 Å². The van der Waals surface area contributed by atoms with E-state index >= 15 is 0 Å². The molecule has 0 amide bonds. The molecule has 0 spiro atoms. The highest BCUT2D eigenvalue weighted by Gasteiger charge is 2.34. The smallest absolute Gasteiger partial charge is 0.142 e. The van der Waals surface area contributed by atoms with Crippen molar-refractivity contribution >= 4 is 34.8 Å². The van der Waals surface area contributed by atoms with E-state index in [-0.39, 0.29) is 20.6 Å². The minimum Gasteiger partial charge on any atom is -0.379 e. The maximum atomic E-state index is 13.7. The monoisotopic (exact) mass is 336 g/mol. The molecule has 0 saturated heterocycles. The number of hydrogen-bond acceptors (Lipinski definition) is 2. The van der Waals surface area contributed by atoms with Gasteiger partial charge in [-0.2, -0.15) is 5.10 Å². The van der Waals surface area contributed by atoms with Crippen LogP contribution in [0.4, 0.5) is 4.39 Å². The van der Waals surface area contributed by atoms with E-state index in [1.807, 2.05) is 6.92 Å². The zero-order valence-electron chi connectivity index (χ0n) is 10.8. The predicted molar refractivity (Wildman–Crippen MR) is 78.0 cm³/mol. The van der Waals surface area contributed by atoms with Crippen LogP contribution in [0.5, 0.6) is 0 Å². The molecule has 108 valence electrons. The lowest BCUT2D eigenvalue weighted by Crippen LogP contribution is -2.28. The topological polar surface area (TPSA) is 38.0 Å². The Morgan fingerprint density at radius 2 is 1.90 bits per heavy atom. The maximum absolute atomic E-state index is 13.7. The quantitative estimate of drug-likeness (QED) is 0.850. The van der Waals surface area contributed by atoms with Gasteiger partial charge in [-0.1, -0.05) is 34.8 Å². The molecule has 0 saturated carbocycles. The van der Waals surface area contributed by atoms with Gasteiger partial charge in [0.2, 0.25) is 0 Å². The van der Waals surface area contributed by atoms with Crippen molar-refractivity contribution in [2.24, 2.45) is 0 Å². The average Bonchev–Trinajstić information content (AvgIpc) is 2.75. The van der Waals surface area contributed by atoms with Crippen molar-refractivity contribution in [1.82, 2.24) is 9.78 Å². The third-order valence-corrected chi connectivity index (χ3v) is 3.97. The second-order valence-corrected chi connectivity index (χ2v) is 5.70. The van der Waals surface area contributed by atoms with Gasteiger partial charge in [0, 0.05) is 17.1 Å². The number of rotatable bonds is 3. The van der Waals surface area contributed by atoms with Crippen LogP contribution in [0.2, 0.25) is 15.1 Å². The molecule has 2 rings (SSSR count). The van der Waals surface area contributed by atoms with Gasteiger partial charge in [-0.3, -0.25) is 4.68 Å². The van der Waals surface area contributed by atoms with Crippen molar-refractivity contribution in [1.29, 1.82) is 0 Å². The third-order valence-electron chi connectivity index (χ3n) is 3.09. The first-order valence-electron chi connectivity index (χ1n) is 5.88. The molecule has 1 N–H and O–H groups in total. The van der Waals surface area contributed by atoms with Gasteiger partial charge in [0.1, 0.15) is 11.4 Å². The van der Waals surface area contributed by atoms with E-state index in [1.165, 1.54) is 23.9 Å². The summed E-state index contributed by atoms with van der Waals surface area (Å²) in [4.78, 5) is 0. The summed E-state index contributed by atoms with van der Waals surface area (Å²) < 4.78 is 15.2. The summed E-state index contributed by atoms with van der Waals surface area (Å²) in [6, 6.07) is 2.36. The number of aryl methyl sites for hydroxylation is 1. The molecule has 3 nitrogen and oxygen atoms in total. The summed E-state index contributed by atoms with van der Waals surface area (Å²) in [5.41, 5.74) is -1.06. The molecule has 0 aliphatic carbocycles. The number of hydrogen-bond donors (Lipinski definition) is 1. The van der Waals surface area contributed by atoms with E-state index in [0.29, 0.717) is 12.2 Å². The fourth-order valence-corrected chi connectivity index (χ4v) is 3.00. The van der Waals surface area contributed by atoms with Crippen LogP contribution in [-0.2, 0) is 12.1 Å². The lowest BCUT2D eigenvalue weighted by atomic mass is 9.92. The molecule has 7 heteroatoms. The number of halogens is 4. The lowest BCUT2D eigenvalue weighted by molar-refractivity contribution is 0.0916. The van der Waals surface area contributed by atoms with Crippen LogP contribution in [0, 0.1) is 5.82 Å². The average molecular weight is 338 g/mol. The zero-order valence-corrected chi connectivity index (χ0v) is 13.1. The molecule has 0 bridgehead atoms. The van der Waals surface area contributed by atoms with E-state index in [2.05, 4.69) is 5.10 Å². The standard InChI is InChI=1S/C13H12Cl3FN2O/c1-3-19-12(10(16)6-18-19)13(2,20)7-4-11(17)9(15)5-8(7)14/h4-6,20H,3H2,1-2H3. The molecule has 1 unspecified atom stereocenters. The minimum atomic E-state index is -1.59. The molecule has 0 fully saturated rings. The number of aromatic nitrogens is 2. The zero-order chi connectivity index (χ0) is 15.1. The molecule has 0 aliphatic rings. The van der Waals surface area contributed by atoms with Gasteiger partial charge < -0.3 is 5.11 Å². The summed E-state index contributed by atoms with van der Waals surface area (Å²) in [5.74, 6) is -0.662. The molecule has 1 heterocycles. The molecule has 1 atom stereocenters. The van der Waals surface area contributed by atoms with E-state index < -0.39 is 11.4 Å². The Labute approximate surface area is 130 Å².